The Kier molecular flexibility index (Phi) is 4.88. The first-order valence-corrected chi connectivity index (χ1v) is 8.24. The molecular formula is C19H21N3O3. The molecule has 4 N–H and O–H groups in total. The van der Waals surface area contributed by atoms with E-state index in [-0.39, 0.29) is 24.1 Å². The summed E-state index contributed by atoms with van der Waals surface area (Å²) >= 11 is 0. The number of aromatic hydroxyl groups is 1. The van der Waals surface area contributed by atoms with Crippen molar-refractivity contribution in [3.8, 4) is 5.75 Å². The molecular weight excluding hydrogens is 318 g/mol. The highest BCUT2D eigenvalue weighted by atomic mass is 16.3. The van der Waals surface area contributed by atoms with Crippen LogP contribution in [0.2, 0.25) is 0 Å². The Labute approximate surface area is 146 Å². The van der Waals surface area contributed by atoms with Crippen molar-refractivity contribution in [3.63, 3.8) is 0 Å². The Morgan fingerprint density at radius 3 is 2.64 bits per heavy atom. The molecule has 130 valence electrons. The Balaban J connectivity index is 1.61. The van der Waals surface area contributed by atoms with E-state index in [4.69, 9.17) is 5.73 Å². The van der Waals surface area contributed by atoms with Crippen LogP contribution in [0.25, 0.3) is 0 Å². The Morgan fingerprint density at radius 1 is 1.16 bits per heavy atom. The fourth-order valence-electron chi connectivity index (χ4n) is 3.17. The van der Waals surface area contributed by atoms with Crippen molar-refractivity contribution in [2.24, 2.45) is 5.73 Å². The zero-order valence-corrected chi connectivity index (χ0v) is 13.8. The minimum absolute atomic E-state index is 0.000659. The standard InChI is InChI=1S/C19H21N3O3/c20-19(25)15-6-2-3-7-16(15)22-10-9-14(12-22)21-18(24)11-13-5-1-4-8-17(13)23/h1-8,14,23H,9-12H2,(H2,20,25)(H,21,24)/t14-/m0/s1. The number of carbonyl (C=O) groups excluding carboxylic acids is 2. The fourth-order valence-corrected chi connectivity index (χ4v) is 3.17. The summed E-state index contributed by atoms with van der Waals surface area (Å²) in [6.45, 7) is 1.36. The number of para-hydroxylation sites is 2. The molecule has 1 heterocycles. The van der Waals surface area contributed by atoms with Gasteiger partial charge in [0.2, 0.25) is 5.91 Å². The number of carbonyl (C=O) groups is 2. The Hall–Kier alpha value is -3.02. The van der Waals surface area contributed by atoms with E-state index in [1.165, 1.54) is 0 Å². The molecule has 1 saturated heterocycles. The van der Waals surface area contributed by atoms with Crippen LogP contribution in [0.4, 0.5) is 5.69 Å². The molecule has 6 heteroatoms. The van der Waals surface area contributed by atoms with E-state index in [0.29, 0.717) is 17.7 Å². The van der Waals surface area contributed by atoms with Gasteiger partial charge < -0.3 is 21.1 Å². The molecule has 3 rings (SSSR count). The zero-order valence-electron chi connectivity index (χ0n) is 13.8. The van der Waals surface area contributed by atoms with Gasteiger partial charge in [-0.05, 0) is 24.6 Å². The first kappa shape index (κ1) is 16.8. The lowest BCUT2D eigenvalue weighted by atomic mass is 10.1. The number of anilines is 1. The van der Waals surface area contributed by atoms with Gasteiger partial charge in [-0.25, -0.2) is 0 Å². The number of rotatable bonds is 5. The van der Waals surface area contributed by atoms with E-state index < -0.39 is 5.91 Å². The number of benzene rings is 2. The molecule has 0 aliphatic carbocycles. The summed E-state index contributed by atoms with van der Waals surface area (Å²) in [5, 5.41) is 12.8. The molecule has 2 aromatic carbocycles. The number of amides is 2. The predicted octanol–water partition coefficient (Wildman–Crippen LogP) is 1.43. The molecule has 1 aliphatic heterocycles. The number of phenolic OH excluding ortho intramolecular Hbond substituents is 1. The van der Waals surface area contributed by atoms with Crippen LogP contribution in [0.3, 0.4) is 0 Å². The van der Waals surface area contributed by atoms with Crippen LogP contribution in [0, 0.1) is 0 Å². The number of hydrogen-bond donors (Lipinski definition) is 3. The van der Waals surface area contributed by atoms with Crippen molar-refractivity contribution < 1.29 is 14.7 Å². The third-order valence-corrected chi connectivity index (χ3v) is 4.41. The number of phenols is 1. The van der Waals surface area contributed by atoms with E-state index in [1.54, 1.807) is 36.4 Å². The maximum absolute atomic E-state index is 12.2. The molecule has 6 nitrogen and oxygen atoms in total. The number of primary amides is 1. The maximum atomic E-state index is 12.2. The highest BCUT2D eigenvalue weighted by molar-refractivity contribution is 5.98. The summed E-state index contributed by atoms with van der Waals surface area (Å²) in [5.74, 6) is -0.458. The van der Waals surface area contributed by atoms with E-state index in [2.05, 4.69) is 10.2 Å². The second kappa shape index (κ2) is 7.25. The van der Waals surface area contributed by atoms with Crippen molar-refractivity contribution in [2.75, 3.05) is 18.0 Å². The highest BCUT2D eigenvalue weighted by Crippen LogP contribution is 2.24. The molecule has 0 saturated carbocycles. The number of nitrogens with one attached hydrogen (secondary N) is 1. The molecule has 2 aromatic rings. The molecule has 2 amide bonds. The van der Waals surface area contributed by atoms with Gasteiger partial charge in [-0.1, -0.05) is 30.3 Å². The molecule has 0 aromatic heterocycles. The van der Waals surface area contributed by atoms with Crippen LogP contribution in [0.15, 0.2) is 48.5 Å². The molecule has 1 fully saturated rings. The van der Waals surface area contributed by atoms with Crippen molar-refractivity contribution in [3.05, 3.63) is 59.7 Å². The zero-order chi connectivity index (χ0) is 17.8. The topological polar surface area (TPSA) is 95.7 Å². The van der Waals surface area contributed by atoms with Crippen molar-refractivity contribution >= 4 is 17.5 Å². The SMILES string of the molecule is NC(=O)c1ccccc1N1CC[C@H](NC(=O)Cc2ccccc2O)C1. The van der Waals surface area contributed by atoms with Crippen LogP contribution >= 0.6 is 0 Å². The van der Waals surface area contributed by atoms with Gasteiger partial charge >= 0.3 is 0 Å². The summed E-state index contributed by atoms with van der Waals surface area (Å²) in [6.07, 6.45) is 0.931. The van der Waals surface area contributed by atoms with E-state index in [0.717, 1.165) is 18.7 Å². The van der Waals surface area contributed by atoms with Gasteiger partial charge in [0.25, 0.3) is 5.91 Å². The van der Waals surface area contributed by atoms with Crippen LogP contribution in [0.1, 0.15) is 22.3 Å². The molecule has 0 bridgehead atoms. The van der Waals surface area contributed by atoms with E-state index in [9.17, 15) is 14.7 Å². The average Bonchev–Trinajstić information content (AvgIpc) is 3.05. The van der Waals surface area contributed by atoms with Gasteiger partial charge in [0.05, 0.1) is 12.0 Å². The Bertz CT molecular complexity index is 791. The molecule has 0 unspecified atom stereocenters. The lowest BCUT2D eigenvalue weighted by molar-refractivity contribution is -0.121. The molecule has 0 radical (unpaired) electrons. The number of nitrogens with two attached hydrogens (primary N) is 1. The molecule has 25 heavy (non-hydrogen) atoms. The van der Waals surface area contributed by atoms with Gasteiger partial charge in [0, 0.05) is 30.4 Å². The van der Waals surface area contributed by atoms with Crippen molar-refractivity contribution in [1.29, 1.82) is 0 Å². The number of hydrogen-bond acceptors (Lipinski definition) is 4. The van der Waals surface area contributed by atoms with Crippen LogP contribution in [-0.4, -0.2) is 36.1 Å². The summed E-state index contributed by atoms with van der Waals surface area (Å²) < 4.78 is 0. The lowest BCUT2D eigenvalue weighted by Gasteiger charge is -2.21. The smallest absolute Gasteiger partial charge is 0.250 e. The fraction of sp³-hybridized carbons (Fsp3) is 0.263. The minimum Gasteiger partial charge on any atom is -0.508 e. The third kappa shape index (κ3) is 3.91. The van der Waals surface area contributed by atoms with Gasteiger partial charge in [-0.15, -0.1) is 0 Å². The normalized spacial score (nSPS) is 16.6. The third-order valence-electron chi connectivity index (χ3n) is 4.41. The van der Waals surface area contributed by atoms with Gasteiger partial charge in [0.15, 0.2) is 0 Å². The summed E-state index contributed by atoms with van der Waals surface area (Å²) in [7, 11) is 0. The van der Waals surface area contributed by atoms with Crippen molar-refractivity contribution in [1.82, 2.24) is 5.32 Å². The first-order valence-electron chi connectivity index (χ1n) is 8.24. The van der Waals surface area contributed by atoms with Crippen LogP contribution in [0.5, 0.6) is 5.75 Å². The van der Waals surface area contributed by atoms with Gasteiger partial charge in [-0.2, -0.15) is 0 Å². The van der Waals surface area contributed by atoms with Crippen molar-refractivity contribution in [2.45, 2.75) is 18.9 Å². The second-order valence-corrected chi connectivity index (χ2v) is 6.19. The molecule has 1 aliphatic rings. The van der Waals surface area contributed by atoms with Gasteiger partial charge in [-0.3, -0.25) is 9.59 Å². The first-order chi connectivity index (χ1) is 12.0. The minimum atomic E-state index is -0.456. The summed E-state index contributed by atoms with van der Waals surface area (Å²) in [4.78, 5) is 25.9. The highest BCUT2D eigenvalue weighted by Gasteiger charge is 2.26. The van der Waals surface area contributed by atoms with E-state index >= 15 is 0 Å². The average molecular weight is 339 g/mol. The second-order valence-electron chi connectivity index (χ2n) is 6.19. The van der Waals surface area contributed by atoms with Gasteiger partial charge in [0.1, 0.15) is 5.75 Å². The van der Waals surface area contributed by atoms with E-state index in [1.807, 2.05) is 12.1 Å². The summed E-state index contributed by atoms with van der Waals surface area (Å²) in [6, 6.07) is 14.0. The predicted molar refractivity (Wildman–Crippen MR) is 95.5 cm³/mol. The molecule has 1 atom stereocenters. The van der Waals surface area contributed by atoms with Crippen LogP contribution < -0.4 is 16.0 Å². The number of nitrogens with zero attached hydrogens (tertiary/aromatic N) is 1. The lowest BCUT2D eigenvalue weighted by Crippen LogP contribution is -2.38. The van der Waals surface area contributed by atoms with Crippen LogP contribution in [-0.2, 0) is 11.2 Å². The maximum Gasteiger partial charge on any atom is 0.250 e. The largest absolute Gasteiger partial charge is 0.508 e. The quantitative estimate of drug-likeness (QED) is 0.768. The Morgan fingerprint density at radius 2 is 1.88 bits per heavy atom. The monoisotopic (exact) mass is 339 g/mol. The summed E-state index contributed by atoms with van der Waals surface area (Å²) in [5.41, 5.74) is 7.33. The molecule has 0 spiro atoms.